The van der Waals surface area contributed by atoms with Gasteiger partial charge >= 0.3 is 0 Å². The highest BCUT2D eigenvalue weighted by atomic mass is 16.1. The summed E-state index contributed by atoms with van der Waals surface area (Å²) in [5, 5.41) is 7.54. The molecule has 7 heteroatoms. The number of anilines is 2. The Hall–Kier alpha value is -4.52. The van der Waals surface area contributed by atoms with E-state index in [4.69, 9.17) is 15.7 Å². The minimum absolute atomic E-state index is 0.177. The number of amides is 1. The number of nitrogens with zero attached hydrogens (tertiary/aromatic N) is 4. The molecule has 1 amide bonds. The van der Waals surface area contributed by atoms with Crippen LogP contribution >= 0.6 is 0 Å². The Kier molecular flexibility index (Phi) is 5.30. The molecule has 0 radical (unpaired) electrons. The lowest BCUT2D eigenvalue weighted by molar-refractivity contribution is 0.102. The second-order valence-corrected chi connectivity index (χ2v) is 8.31. The first-order chi connectivity index (χ1) is 16.4. The van der Waals surface area contributed by atoms with Crippen molar-refractivity contribution >= 4 is 45.8 Å². The molecule has 2 heterocycles. The number of hydrogen-bond donors (Lipinski definition) is 2. The van der Waals surface area contributed by atoms with Crippen molar-refractivity contribution in [3.63, 3.8) is 0 Å². The minimum Gasteiger partial charge on any atom is -0.383 e. The van der Waals surface area contributed by atoms with Crippen molar-refractivity contribution in [3.8, 4) is 0 Å². The molecule has 0 aliphatic rings. The fourth-order valence-corrected chi connectivity index (χ4v) is 3.85. The summed E-state index contributed by atoms with van der Waals surface area (Å²) in [6.07, 6.45) is 1.72. The van der Waals surface area contributed by atoms with Crippen LogP contribution in [0.3, 0.4) is 0 Å². The first kappa shape index (κ1) is 21.3. The van der Waals surface area contributed by atoms with Gasteiger partial charge in [0.15, 0.2) is 5.65 Å². The summed E-state index contributed by atoms with van der Waals surface area (Å²) in [5.41, 5.74) is 13.9. The van der Waals surface area contributed by atoms with Crippen LogP contribution in [0.4, 0.5) is 11.5 Å². The van der Waals surface area contributed by atoms with Crippen molar-refractivity contribution in [2.45, 2.75) is 20.8 Å². The van der Waals surface area contributed by atoms with Crippen molar-refractivity contribution in [1.29, 1.82) is 0 Å². The SMILES string of the molecule is Cc1ccc(NC(=O)c2c(N)n(N=Cc3ccccc3C)c3nc4ccccc4nc23)cc1C. The molecule has 34 heavy (non-hydrogen) atoms. The molecule has 0 aliphatic carbocycles. The topological polar surface area (TPSA) is 98.2 Å². The van der Waals surface area contributed by atoms with Gasteiger partial charge in [-0.15, -0.1) is 0 Å². The van der Waals surface area contributed by atoms with Gasteiger partial charge in [0.1, 0.15) is 16.9 Å². The van der Waals surface area contributed by atoms with Gasteiger partial charge in [-0.05, 0) is 67.3 Å². The van der Waals surface area contributed by atoms with E-state index in [9.17, 15) is 4.79 Å². The molecule has 0 fully saturated rings. The van der Waals surface area contributed by atoms with Crippen LogP contribution in [-0.4, -0.2) is 26.8 Å². The Morgan fingerprint density at radius 3 is 2.35 bits per heavy atom. The first-order valence-electron chi connectivity index (χ1n) is 11.0. The molecule has 0 aliphatic heterocycles. The maximum absolute atomic E-state index is 13.4. The number of aromatic nitrogens is 3. The smallest absolute Gasteiger partial charge is 0.261 e. The largest absolute Gasteiger partial charge is 0.383 e. The molecule has 3 aromatic carbocycles. The van der Waals surface area contributed by atoms with Gasteiger partial charge in [0.25, 0.3) is 5.91 Å². The summed E-state index contributed by atoms with van der Waals surface area (Å²) in [7, 11) is 0. The van der Waals surface area contributed by atoms with E-state index in [0.717, 1.165) is 22.3 Å². The average molecular weight is 449 g/mol. The van der Waals surface area contributed by atoms with Crippen molar-refractivity contribution in [2.75, 3.05) is 11.1 Å². The Balaban J connectivity index is 1.66. The lowest BCUT2D eigenvalue weighted by Gasteiger charge is -2.08. The van der Waals surface area contributed by atoms with Crippen molar-refractivity contribution in [1.82, 2.24) is 14.6 Å². The molecule has 7 nitrogen and oxygen atoms in total. The summed E-state index contributed by atoms with van der Waals surface area (Å²) in [6, 6.07) is 21.2. The standard InChI is InChI=1S/C27H24N6O/c1-16-12-13-20(14-18(16)3)30-27(34)23-24-26(32-22-11-7-6-10-21(22)31-24)33(25(23)28)29-15-19-9-5-4-8-17(19)2/h4-15H,28H2,1-3H3,(H,30,34). The average Bonchev–Trinajstić information content (AvgIpc) is 3.09. The maximum Gasteiger partial charge on any atom is 0.261 e. The van der Waals surface area contributed by atoms with Gasteiger partial charge in [-0.2, -0.15) is 9.78 Å². The van der Waals surface area contributed by atoms with Crippen LogP contribution in [0.5, 0.6) is 0 Å². The molecule has 0 atom stereocenters. The Morgan fingerprint density at radius 2 is 1.62 bits per heavy atom. The number of carbonyl (C=O) groups is 1. The van der Waals surface area contributed by atoms with Gasteiger partial charge in [-0.1, -0.05) is 42.5 Å². The molecule has 0 bridgehead atoms. The molecule has 5 rings (SSSR count). The summed E-state index contributed by atoms with van der Waals surface area (Å²) >= 11 is 0. The highest BCUT2D eigenvalue weighted by molar-refractivity contribution is 6.16. The van der Waals surface area contributed by atoms with Crippen molar-refractivity contribution < 1.29 is 4.79 Å². The van der Waals surface area contributed by atoms with Gasteiger partial charge in [0, 0.05) is 5.69 Å². The summed E-state index contributed by atoms with van der Waals surface area (Å²) < 4.78 is 1.48. The molecule has 3 N–H and O–H groups in total. The van der Waals surface area contributed by atoms with E-state index in [2.05, 4.69) is 10.4 Å². The number of fused-ring (bicyclic) bond motifs is 2. The summed E-state index contributed by atoms with van der Waals surface area (Å²) in [6.45, 7) is 6.04. The van der Waals surface area contributed by atoms with Crippen molar-refractivity contribution in [3.05, 3.63) is 94.5 Å². The third kappa shape index (κ3) is 3.77. The van der Waals surface area contributed by atoms with E-state index in [-0.39, 0.29) is 17.3 Å². The van der Waals surface area contributed by atoms with Crippen LogP contribution < -0.4 is 11.1 Å². The number of nitrogen functional groups attached to an aromatic ring is 1. The second-order valence-electron chi connectivity index (χ2n) is 8.31. The van der Waals surface area contributed by atoms with Gasteiger partial charge < -0.3 is 11.1 Å². The van der Waals surface area contributed by atoms with Gasteiger partial charge in [0.05, 0.1) is 17.2 Å². The van der Waals surface area contributed by atoms with Crippen LogP contribution in [-0.2, 0) is 0 Å². The third-order valence-corrected chi connectivity index (χ3v) is 5.97. The molecule has 2 aromatic heterocycles. The van der Waals surface area contributed by atoms with E-state index < -0.39 is 0 Å². The number of aryl methyl sites for hydroxylation is 3. The van der Waals surface area contributed by atoms with Gasteiger partial charge in [-0.3, -0.25) is 4.79 Å². The zero-order chi connectivity index (χ0) is 23.8. The number of benzene rings is 3. The minimum atomic E-state index is -0.361. The highest BCUT2D eigenvalue weighted by Crippen LogP contribution is 2.29. The fraction of sp³-hybridized carbons (Fsp3) is 0.111. The lowest BCUT2D eigenvalue weighted by Crippen LogP contribution is -2.14. The second kappa shape index (κ2) is 8.44. The highest BCUT2D eigenvalue weighted by Gasteiger charge is 2.24. The number of rotatable bonds is 4. The quantitative estimate of drug-likeness (QED) is 0.368. The summed E-state index contributed by atoms with van der Waals surface area (Å²) in [4.78, 5) is 22.9. The Bertz CT molecular complexity index is 1600. The normalized spacial score (nSPS) is 11.5. The molecular formula is C27H24N6O. The molecular weight excluding hydrogens is 424 g/mol. The van der Waals surface area contributed by atoms with E-state index >= 15 is 0 Å². The summed E-state index contributed by atoms with van der Waals surface area (Å²) in [5.74, 6) is -0.184. The van der Waals surface area contributed by atoms with Crippen LogP contribution in [0.15, 0.2) is 71.8 Å². The molecule has 168 valence electrons. The Morgan fingerprint density at radius 1 is 0.912 bits per heavy atom. The lowest BCUT2D eigenvalue weighted by atomic mass is 10.1. The maximum atomic E-state index is 13.4. The predicted molar refractivity (Wildman–Crippen MR) is 137 cm³/mol. The van der Waals surface area contributed by atoms with E-state index in [1.54, 1.807) is 6.21 Å². The monoisotopic (exact) mass is 448 g/mol. The molecule has 5 aromatic rings. The van der Waals surface area contributed by atoms with E-state index in [0.29, 0.717) is 27.9 Å². The molecule has 0 saturated carbocycles. The van der Waals surface area contributed by atoms with Crippen molar-refractivity contribution in [2.24, 2.45) is 5.10 Å². The first-order valence-corrected chi connectivity index (χ1v) is 11.0. The van der Waals surface area contributed by atoms with Gasteiger partial charge in [0.2, 0.25) is 0 Å². The molecule has 0 unspecified atom stereocenters. The molecule has 0 saturated heterocycles. The van der Waals surface area contributed by atoms with Crippen LogP contribution in [0, 0.1) is 20.8 Å². The van der Waals surface area contributed by atoms with E-state index in [1.807, 2.05) is 87.5 Å². The number of hydrogen-bond acceptors (Lipinski definition) is 5. The third-order valence-electron chi connectivity index (χ3n) is 5.97. The van der Waals surface area contributed by atoms with Crippen LogP contribution in [0.2, 0.25) is 0 Å². The Labute approximate surface area is 197 Å². The number of para-hydroxylation sites is 2. The zero-order valence-electron chi connectivity index (χ0n) is 19.2. The van der Waals surface area contributed by atoms with E-state index in [1.165, 1.54) is 4.68 Å². The fourth-order valence-electron chi connectivity index (χ4n) is 3.85. The van der Waals surface area contributed by atoms with Crippen LogP contribution in [0.1, 0.15) is 32.6 Å². The zero-order valence-corrected chi connectivity index (χ0v) is 19.2. The van der Waals surface area contributed by atoms with Crippen LogP contribution in [0.25, 0.3) is 22.2 Å². The van der Waals surface area contributed by atoms with Gasteiger partial charge in [-0.25, -0.2) is 9.97 Å². The predicted octanol–water partition coefficient (Wildman–Crippen LogP) is 5.23. The molecule has 0 spiro atoms. The number of nitrogens with one attached hydrogen (secondary N) is 1. The number of carbonyl (C=O) groups excluding carboxylic acids is 1. The number of nitrogens with two attached hydrogens (primary N) is 1.